The molecule has 17 heavy (non-hydrogen) atoms. The van der Waals surface area contributed by atoms with Gasteiger partial charge in [0, 0.05) is 18.5 Å². The predicted octanol–water partition coefficient (Wildman–Crippen LogP) is -0.163. The van der Waals surface area contributed by atoms with Crippen LogP contribution in [0.15, 0.2) is 5.38 Å². The van der Waals surface area contributed by atoms with Gasteiger partial charge >= 0.3 is 5.97 Å². The monoisotopic (exact) mass is 255 g/mol. The summed E-state index contributed by atoms with van der Waals surface area (Å²) in [6, 6.07) is -0.672. The number of carboxylic acid groups (broad SMARTS) is 1. The van der Waals surface area contributed by atoms with Gasteiger partial charge in [-0.1, -0.05) is 0 Å². The van der Waals surface area contributed by atoms with Gasteiger partial charge in [0.05, 0.1) is 17.2 Å². The van der Waals surface area contributed by atoms with Gasteiger partial charge < -0.3 is 10.4 Å². The van der Waals surface area contributed by atoms with E-state index in [1.807, 2.05) is 12.3 Å². The lowest BCUT2D eigenvalue weighted by Gasteiger charge is -2.31. The molecular formula is C10H13N3O3S. The van der Waals surface area contributed by atoms with Crippen molar-refractivity contribution in [1.29, 1.82) is 0 Å². The molecule has 1 unspecified atom stereocenters. The summed E-state index contributed by atoms with van der Waals surface area (Å²) in [5.74, 6) is -1.06. The minimum absolute atomic E-state index is 0.105. The van der Waals surface area contributed by atoms with Crippen molar-refractivity contribution in [2.75, 3.05) is 13.1 Å². The zero-order valence-corrected chi connectivity index (χ0v) is 10.2. The molecule has 1 aromatic heterocycles. The van der Waals surface area contributed by atoms with Crippen LogP contribution in [0.25, 0.3) is 0 Å². The number of rotatable bonds is 3. The molecule has 0 aromatic carbocycles. The Hall–Kier alpha value is -1.47. The Morgan fingerprint density at radius 3 is 3.12 bits per heavy atom. The fourth-order valence-corrected chi connectivity index (χ4v) is 2.39. The summed E-state index contributed by atoms with van der Waals surface area (Å²) in [5.41, 5.74) is 0.813. The Bertz CT molecular complexity index is 446. The van der Waals surface area contributed by atoms with Gasteiger partial charge in [0.2, 0.25) is 5.91 Å². The zero-order chi connectivity index (χ0) is 12.4. The first-order chi connectivity index (χ1) is 8.06. The van der Waals surface area contributed by atoms with Crippen molar-refractivity contribution in [3.63, 3.8) is 0 Å². The molecule has 7 heteroatoms. The van der Waals surface area contributed by atoms with Crippen molar-refractivity contribution < 1.29 is 14.7 Å². The number of piperazine rings is 1. The molecule has 0 radical (unpaired) electrons. The number of nitrogens with zero attached hydrogens (tertiary/aromatic N) is 2. The largest absolute Gasteiger partial charge is 0.480 e. The molecule has 1 amide bonds. The Balaban J connectivity index is 2.09. The maximum absolute atomic E-state index is 11.3. The average molecular weight is 255 g/mol. The highest BCUT2D eigenvalue weighted by Crippen LogP contribution is 2.13. The summed E-state index contributed by atoms with van der Waals surface area (Å²) in [7, 11) is 0. The van der Waals surface area contributed by atoms with E-state index >= 15 is 0 Å². The van der Waals surface area contributed by atoms with E-state index in [4.69, 9.17) is 5.11 Å². The number of hydrogen-bond donors (Lipinski definition) is 2. The van der Waals surface area contributed by atoms with Crippen molar-refractivity contribution in [1.82, 2.24) is 15.2 Å². The van der Waals surface area contributed by atoms with Gasteiger partial charge in [0.1, 0.15) is 6.04 Å². The van der Waals surface area contributed by atoms with Crippen molar-refractivity contribution in [3.05, 3.63) is 16.1 Å². The van der Waals surface area contributed by atoms with Gasteiger partial charge in [-0.3, -0.25) is 14.5 Å². The van der Waals surface area contributed by atoms with E-state index in [0.29, 0.717) is 6.54 Å². The summed E-state index contributed by atoms with van der Waals surface area (Å²) in [6.45, 7) is 2.55. The van der Waals surface area contributed by atoms with Crippen molar-refractivity contribution >= 4 is 23.2 Å². The number of carbonyl (C=O) groups is 2. The fourth-order valence-electron chi connectivity index (χ4n) is 1.79. The summed E-state index contributed by atoms with van der Waals surface area (Å²) >= 11 is 1.52. The molecule has 6 nitrogen and oxygen atoms in total. The topological polar surface area (TPSA) is 82.5 Å². The summed E-state index contributed by atoms with van der Waals surface area (Å²) in [4.78, 5) is 28.2. The van der Waals surface area contributed by atoms with Gasteiger partial charge in [0.25, 0.3) is 0 Å². The maximum Gasteiger partial charge on any atom is 0.322 e. The van der Waals surface area contributed by atoms with Crippen molar-refractivity contribution in [2.24, 2.45) is 0 Å². The SMILES string of the molecule is Cc1nc(CN2CC(=O)NCC2C(=O)O)cs1. The van der Waals surface area contributed by atoms with Crippen LogP contribution in [0.5, 0.6) is 0 Å². The minimum Gasteiger partial charge on any atom is -0.480 e. The first-order valence-electron chi connectivity index (χ1n) is 5.21. The van der Waals surface area contributed by atoms with Crippen LogP contribution < -0.4 is 5.32 Å². The third kappa shape index (κ3) is 2.80. The molecule has 2 heterocycles. The standard InChI is InChI=1S/C10H13N3O3S/c1-6-12-7(5-17-6)3-13-4-9(14)11-2-8(13)10(15)16/h5,8H,2-4H2,1H3,(H,11,14)(H,15,16). The van der Waals surface area contributed by atoms with Crippen molar-refractivity contribution in [3.8, 4) is 0 Å². The van der Waals surface area contributed by atoms with Crippen LogP contribution >= 0.6 is 11.3 Å². The molecule has 0 saturated carbocycles. The van der Waals surface area contributed by atoms with Crippen LogP contribution in [-0.4, -0.2) is 46.0 Å². The summed E-state index contributed by atoms with van der Waals surface area (Å²) < 4.78 is 0. The van der Waals surface area contributed by atoms with E-state index in [9.17, 15) is 9.59 Å². The molecule has 1 atom stereocenters. The molecule has 0 bridgehead atoms. The lowest BCUT2D eigenvalue weighted by atomic mass is 10.2. The van der Waals surface area contributed by atoms with Gasteiger partial charge in [-0.05, 0) is 6.92 Å². The highest BCUT2D eigenvalue weighted by atomic mass is 32.1. The number of aromatic nitrogens is 1. The van der Waals surface area contributed by atoms with E-state index in [-0.39, 0.29) is 19.0 Å². The van der Waals surface area contributed by atoms with Gasteiger partial charge in [0.15, 0.2) is 0 Å². The molecule has 0 spiro atoms. The highest BCUT2D eigenvalue weighted by molar-refractivity contribution is 7.09. The second-order valence-electron chi connectivity index (χ2n) is 3.92. The number of aryl methyl sites for hydroxylation is 1. The number of hydrogen-bond acceptors (Lipinski definition) is 5. The van der Waals surface area contributed by atoms with Crippen LogP contribution in [-0.2, 0) is 16.1 Å². The van der Waals surface area contributed by atoms with E-state index in [1.165, 1.54) is 11.3 Å². The summed E-state index contributed by atoms with van der Waals surface area (Å²) in [5, 5.41) is 14.5. The van der Waals surface area contributed by atoms with E-state index in [1.54, 1.807) is 4.90 Å². The Morgan fingerprint density at radius 1 is 1.76 bits per heavy atom. The Kier molecular flexibility index (Phi) is 3.39. The first kappa shape index (κ1) is 12.0. The normalized spacial score (nSPS) is 21.2. The van der Waals surface area contributed by atoms with Crippen molar-refractivity contribution in [2.45, 2.75) is 19.5 Å². The second-order valence-corrected chi connectivity index (χ2v) is 4.98. The highest BCUT2D eigenvalue weighted by Gasteiger charge is 2.32. The van der Waals surface area contributed by atoms with Crippen LogP contribution in [0.1, 0.15) is 10.7 Å². The molecular weight excluding hydrogens is 242 g/mol. The maximum atomic E-state index is 11.3. The number of carbonyl (C=O) groups excluding carboxylic acids is 1. The van der Waals surface area contributed by atoms with Crippen LogP contribution in [0, 0.1) is 6.92 Å². The lowest BCUT2D eigenvalue weighted by Crippen LogP contribution is -2.56. The molecule has 2 N–H and O–H groups in total. The molecule has 92 valence electrons. The van der Waals surface area contributed by atoms with Gasteiger partial charge in [-0.25, -0.2) is 4.98 Å². The van der Waals surface area contributed by atoms with Gasteiger partial charge in [-0.15, -0.1) is 11.3 Å². The van der Waals surface area contributed by atoms with E-state index in [0.717, 1.165) is 10.7 Å². The molecule has 2 rings (SSSR count). The Labute approximate surface area is 102 Å². The second kappa shape index (κ2) is 4.80. The smallest absolute Gasteiger partial charge is 0.322 e. The Morgan fingerprint density at radius 2 is 2.53 bits per heavy atom. The van der Waals surface area contributed by atoms with Crippen LogP contribution in [0.2, 0.25) is 0 Å². The number of thiazole rings is 1. The number of nitrogens with one attached hydrogen (secondary N) is 1. The minimum atomic E-state index is -0.919. The average Bonchev–Trinajstić information content (AvgIpc) is 2.63. The number of carboxylic acids is 1. The molecule has 1 fully saturated rings. The fraction of sp³-hybridized carbons (Fsp3) is 0.500. The summed E-state index contributed by atoms with van der Waals surface area (Å²) in [6.07, 6.45) is 0. The number of amides is 1. The van der Waals surface area contributed by atoms with Crippen LogP contribution in [0.4, 0.5) is 0 Å². The lowest BCUT2D eigenvalue weighted by molar-refractivity contribution is -0.146. The third-order valence-corrected chi connectivity index (χ3v) is 3.42. The van der Waals surface area contributed by atoms with Crippen LogP contribution in [0.3, 0.4) is 0 Å². The van der Waals surface area contributed by atoms with E-state index < -0.39 is 12.0 Å². The quantitative estimate of drug-likeness (QED) is 0.784. The predicted molar refractivity (Wildman–Crippen MR) is 61.7 cm³/mol. The van der Waals surface area contributed by atoms with E-state index in [2.05, 4.69) is 10.3 Å². The first-order valence-corrected chi connectivity index (χ1v) is 6.09. The van der Waals surface area contributed by atoms with Gasteiger partial charge in [-0.2, -0.15) is 0 Å². The third-order valence-electron chi connectivity index (χ3n) is 2.60. The molecule has 1 aromatic rings. The molecule has 1 aliphatic rings. The molecule has 1 aliphatic heterocycles. The zero-order valence-electron chi connectivity index (χ0n) is 9.34. The molecule has 1 saturated heterocycles. The molecule has 0 aliphatic carbocycles. The number of aliphatic carboxylic acids is 1.